The molecule has 2 aromatic heterocycles. The molecule has 3 aromatic rings. The fourth-order valence-corrected chi connectivity index (χ4v) is 3.96. The standard InChI is InChI=1S/C20H24N4O2S/c1-14-16-18(21-11-9-15-7-4-3-5-8-15)23-13-24-20(16)27-17(14)19(25)22-10-6-12-26-2/h3-5,7-8,13H,6,9-12H2,1-2H3,(H,22,25)(H,21,23,24). The molecule has 2 N–H and O–H groups in total. The maximum atomic E-state index is 12.5. The summed E-state index contributed by atoms with van der Waals surface area (Å²) in [6, 6.07) is 10.3. The van der Waals surface area contributed by atoms with Crippen molar-refractivity contribution in [1.29, 1.82) is 0 Å². The Labute approximate surface area is 163 Å². The van der Waals surface area contributed by atoms with Crippen LogP contribution < -0.4 is 10.6 Å². The van der Waals surface area contributed by atoms with Crippen LogP contribution in [0.25, 0.3) is 10.2 Å². The summed E-state index contributed by atoms with van der Waals surface area (Å²) in [6.07, 6.45) is 3.24. The number of nitrogens with zero attached hydrogens (tertiary/aromatic N) is 2. The van der Waals surface area contributed by atoms with Crippen LogP contribution in [0.3, 0.4) is 0 Å². The van der Waals surface area contributed by atoms with E-state index < -0.39 is 0 Å². The zero-order valence-corrected chi connectivity index (χ0v) is 16.4. The summed E-state index contributed by atoms with van der Waals surface area (Å²) in [7, 11) is 1.66. The van der Waals surface area contributed by atoms with Crippen LogP contribution in [-0.4, -0.2) is 42.7 Å². The topological polar surface area (TPSA) is 76.1 Å². The Morgan fingerprint density at radius 2 is 2.00 bits per heavy atom. The summed E-state index contributed by atoms with van der Waals surface area (Å²) in [4.78, 5) is 22.8. The predicted octanol–water partition coefficient (Wildman–Crippen LogP) is 3.42. The van der Waals surface area contributed by atoms with E-state index in [4.69, 9.17) is 4.74 Å². The van der Waals surface area contributed by atoms with Crippen molar-refractivity contribution in [2.24, 2.45) is 0 Å². The Morgan fingerprint density at radius 3 is 2.78 bits per heavy atom. The second kappa shape index (κ2) is 9.43. The normalized spacial score (nSPS) is 10.9. The molecule has 0 atom stereocenters. The lowest BCUT2D eigenvalue weighted by molar-refractivity contribution is 0.0952. The summed E-state index contributed by atoms with van der Waals surface area (Å²) >= 11 is 1.41. The number of aryl methyl sites for hydroxylation is 1. The van der Waals surface area contributed by atoms with Crippen LogP contribution in [0.15, 0.2) is 36.7 Å². The first-order valence-electron chi connectivity index (χ1n) is 8.99. The van der Waals surface area contributed by atoms with Gasteiger partial charge in [-0.1, -0.05) is 30.3 Å². The number of hydrogen-bond acceptors (Lipinski definition) is 6. The van der Waals surface area contributed by atoms with E-state index >= 15 is 0 Å². The fourth-order valence-electron chi connectivity index (χ4n) is 2.89. The smallest absolute Gasteiger partial charge is 0.261 e. The highest BCUT2D eigenvalue weighted by molar-refractivity contribution is 7.20. The lowest BCUT2D eigenvalue weighted by atomic mass is 10.1. The zero-order chi connectivity index (χ0) is 19.1. The maximum Gasteiger partial charge on any atom is 0.261 e. The van der Waals surface area contributed by atoms with Crippen molar-refractivity contribution in [2.45, 2.75) is 19.8 Å². The summed E-state index contributed by atoms with van der Waals surface area (Å²) in [5.74, 6) is 0.713. The van der Waals surface area contributed by atoms with E-state index in [1.807, 2.05) is 25.1 Å². The van der Waals surface area contributed by atoms with E-state index in [-0.39, 0.29) is 5.91 Å². The van der Waals surface area contributed by atoms with Gasteiger partial charge >= 0.3 is 0 Å². The third-order valence-electron chi connectivity index (χ3n) is 4.29. The molecule has 6 nitrogen and oxygen atoms in total. The van der Waals surface area contributed by atoms with Gasteiger partial charge in [-0.3, -0.25) is 4.79 Å². The number of ether oxygens (including phenoxy) is 1. The van der Waals surface area contributed by atoms with Crippen molar-refractivity contribution in [3.05, 3.63) is 52.7 Å². The highest BCUT2D eigenvalue weighted by atomic mass is 32.1. The van der Waals surface area contributed by atoms with Gasteiger partial charge in [-0.15, -0.1) is 11.3 Å². The minimum absolute atomic E-state index is 0.0677. The first-order valence-corrected chi connectivity index (χ1v) is 9.81. The maximum absolute atomic E-state index is 12.5. The minimum atomic E-state index is -0.0677. The molecule has 27 heavy (non-hydrogen) atoms. The van der Waals surface area contributed by atoms with Gasteiger partial charge in [-0.05, 0) is 30.9 Å². The van der Waals surface area contributed by atoms with E-state index in [1.165, 1.54) is 16.9 Å². The van der Waals surface area contributed by atoms with Crippen molar-refractivity contribution in [1.82, 2.24) is 15.3 Å². The van der Waals surface area contributed by atoms with Gasteiger partial charge in [-0.2, -0.15) is 0 Å². The molecule has 0 aliphatic carbocycles. The van der Waals surface area contributed by atoms with Crippen molar-refractivity contribution >= 4 is 33.3 Å². The molecule has 1 aromatic carbocycles. The number of anilines is 1. The second-order valence-electron chi connectivity index (χ2n) is 6.22. The largest absolute Gasteiger partial charge is 0.385 e. The molecule has 142 valence electrons. The zero-order valence-electron chi connectivity index (χ0n) is 15.6. The summed E-state index contributed by atoms with van der Waals surface area (Å²) in [6.45, 7) is 3.94. The molecule has 0 aliphatic rings. The average Bonchev–Trinajstić information content (AvgIpc) is 3.04. The third kappa shape index (κ3) is 4.81. The van der Waals surface area contributed by atoms with Crippen LogP contribution in [0, 0.1) is 6.92 Å². The van der Waals surface area contributed by atoms with Gasteiger partial charge in [0.15, 0.2) is 0 Å². The lowest BCUT2D eigenvalue weighted by Crippen LogP contribution is -2.24. The van der Waals surface area contributed by atoms with Gasteiger partial charge in [0.05, 0.1) is 10.3 Å². The van der Waals surface area contributed by atoms with E-state index in [0.29, 0.717) is 18.0 Å². The van der Waals surface area contributed by atoms with Gasteiger partial charge < -0.3 is 15.4 Å². The summed E-state index contributed by atoms with van der Waals surface area (Å²) in [5.41, 5.74) is 2.19. The van der Waals surface area contributed by atoms with Gasteiger partial charge in [0.1, 0.15) is 17.0 Å². The number of thiophene rings is 1. The van der Waals surface area contributed by atoms with Crippen LogP contribution in [-0.2, 0) is 11.2 Å². The van der Waals surface area contributed by atoms with Crippen LogP contribution in [0.2, 0.25) is 0 Å². The van der Waals surface area contributed by atoms with Crippen LogP contribution in [0.4, 0.5) is 5.82 Å². The van der Waals surface area contributed by atoms with Gasteiger partial charge in [0.25, 0.3) is 5.91 Å². The SMILES string of the molecule is COCCCNC(=O)c1sc2ncnc(NCCc3ccccc3)c2c1C. The lowest BCUT2D eigenvalue weighted by Gasteiger charge is -2.07. The first kappa shape index (κ1) is 19.3. The fraction of sp³-hybridized carbons (Fsp3) is 0.350. The number of methoxy groups -OCH3 is 1. The molecule has 1 amide bonds. The first-order chi connectivity index (χ1) is 13.2. The Kier molecular flexibility index (Phi) is 6.73. The van der Waals surface area contributed by atoms with Gasteiger partial charge in [-0.25, -0.2) is 9.97 Å². The Morgan fingerprint density at radius 1 is 1.19 bits per heavy atom. The molecule has 0 fully saturated rings. The monoisotopic (exact) mass is 384 g/mol. The quantitative estimate of drug-likeness (QED) is 0.553. The number of amides is 1. The van der Waals surface area contributed by atoms with Crippen LogP contribution in [0.5, 0.6) is 0 Å². The molecule has 0 radical (unpaired) electrons. The molecule has 0 saturated heterocycles. The second-order valence-corrected chi connectivity index (χ2v) is 7.22. The molecule has 0 unspecified atom stereocenters. The van der Waals surface area contributed by atoms with Gasteiger partial charge in [0.2, 0.25) is 0 Å². The third-order valence-corrected chi connectivity index (χ3v) is 5.49. The van der Waals surface area contributed by atoms with E-state index in [2.05, 4.69) is 32.7 Å². The van der Waals surface area contributed by atoms with Crippen LogP contribution >= 0.6 is 11.3 Å². The molecule has 7 heteroatoms. The van der Waals surface area contributed by atoms with Crippen molar-refractivity contribution < 1.29 is 9.53 Å². The van der Waals surface area contributed by atoms with E-state index in [9.17, 15) is 4.79 Å². The summed E-state index contributed by atoms with van der Waals surface area (Å²) in [5, 5.41) is 7.27. The number of carbonyl (C=O) groups excluding carboxylic acids is 1. The van der Waals surface area contributed by atoms with Crippen molar-refractivity contribution in [3.8, 4) is 0 Å². The number of aromatic nitrogens is 2. The van der Waals surface area contributed by atoms with E-state index in [0.717, 1.165) is 41.0 Å². The molecule has 0 aliphatic heterocycles. The molecule has 2 heterocycles. The predicted molar refractivity (Wildman–Crippen MR) is 110 cm³/mol. The molecule has 0 spiro atoms. The Hall–Kier alpha value is -2.51. The van der Waals surface area contributed by atoms with Crippen LogP contribution in [0.1, 0.15) is 27.2 Å². The number of hydrogen-bond donors (Lipinski definition) is 2. The Balaban J connectivity index is 1.71. The summed E-state index contributed by atoms with van der Waals surface area (Å²) < 4.78 is 5.01. The Bertz CT molecular complexity index is 896. The number of rotatable bonds is 9. The molecule has 3 rings (SSSR count). The molecular formula is C20H24N4O2S. The average molecular weight is 385 g/mol. The molecular weight excluding hydrogens is 360 g/mol. The highest BCUT2D eigenvalue weighted by Gasteiger charge is 2.18. The minimum Gasteiger partial charge on any atom is -0.385 e. The number of fused-ring (bicyclic) bond motifs is 1. The van der Waals surface area contributed by atoms with Gasteiger partial charge in [0, 0.05) is 26.8 Å². The highest BCUT2D eigenvalue weighted by Crippen LogP contribution is 2.33. The molecule has 0 bridgehead atoms. The molecule has 0 saturated carbocycles. The number of nitrogens with one attached hydrogen (secondary N) is 2. The van der Waals surface area contributed by atoms with Crippen molar-refractivity contribution in [2.75, 3.05) is 32.1 Å². The number of carbonyl (C=O) groups is 1. The van der Waals surface area contributed by atoms with E-state index in [1.54, 1.807) is 13.4 Å². The van der Waals surface area contributed by atoms with Crippen molar-refractivity contribution in [3.63, 3.8) is 0 Å². The number of benzene rings is 1.